The van der Waals surface area contributed by atoms with Crippen molar-refractivity contribution in [2.45, 2.75) is 51.1 Å². The molecular weight excluding hydrogens is 200 g/mol. The summed E-state index contributed by atoms with van der Waals surface area (Å²) in [5.74, 6) is 0. The maximum Gasteiger partial charge on any atom is 0.0616 e. The molecule has 0 radical (unpaired) electrons. The first kappa shape index (κ1) is 13.9. The Morgan fingerprint density at radius 3 is 2.44 bits per heavy atom. The Hall–Kier alpha value is -0.120. The van der Waals surface area contributed by atoms with Crippen LogP contribution in [-0.2, 0) is 4.74 Å². The van der Waals surface area contributed by atoms with Crippen molar-refractivity contribution in [1.29, 1.82) is 0 Å². The van der Waals surface area contributed by atoms with Gasteiger partial charge in [-0.15, -0.1) is 0 Å². The molecule has 16 heavy (non-hydrogen) atoms. The maximum absolute atomic E-state index is 5.43. The van der Waals surface area contributed by atoms with Gasteiger partial charge in [0, 0.05) is 24.7 Å². The van der Waals surface area contributed by atoms with Gasteiger partial charge in [-0.25, -0.2) is 0 Å². The van der Waals surface area contributed by atoms with Crippen molar-refractivity contribution >= 4 is 0 Å². The quantitative estimate of drug-likeness (QED) is 0.720. The van der Waals surface area contributed by atoms with Gasteiger partial charge in [0.15, 0.2) is 0 Å². The molecule has 1 saturated carbocycles. The van der Waals surface area contributed by atoms with E-state index in [-0.39, 0.29) is 0 Å². The fraction of sp³-hybridized carbons (Fsp3) is 1.00. The highest BCUT2D eigenvalue weighted by Crippen LogP contribution is 2.33. The van der Waals surface area contributed by atoms with E-state index >= 15 is 0 Å². The van der Waals surface area contributed by atoms with E-state index in [0.29, 0.717) is 11.6 Å². The van der Waals surface area contributed by atoms with Gasteiger partial charge in [0.05, 0.1) is 6.61 Å². The van der Waals surface area contributed by atoms with E-state index in [2.05, 4.69) is 31.2 Å². The Morgan fingerprint density at radius 2 is 1.94 bits per heavy atom. The first-order chi connectivity index (χ1) is 7.60. The highest BCUT2D eigenvalue weighted by Gasteiger charge is 2.35. The molecule has 96 valence electrons. The molecule has 1 aliphatic carbocycles. The maximum atomic E-state index is 5.43. The van der Waals surface area contributed by atoms with Crippen LogP contribution in [0.5, 0.6) is 0 Å². The smallest absolute Gasteiger partial charge is 0.0616 e. The topological polar surface area (TPSA) is 24.5 Å². The molecule has 1 N–H and O–H groups in total. The lowest BCUT2D eigenvalue weighted by atomic mass is 9.95. The van der Waals surface area contributed by atoms with E-state index in [9.17, 15) is 0 Å². The molecule has 0 aliphatic heterocycles. The Bertz CT molecular complexity index is 188. The largest absolute Gasteiger partial charge is 0.380 e. The van der Waals surface area contributed by atoms with E-state index in [1.54, 1.807) is 0 Å². The fourth-order valence-corrected chi connectivity index (χ4v) is 2.53. The van der Waals surface area contributed by atoms with Crippen molar-refractivity contribution in [3.05, 3.63) is 0 Å². The molecule has 0 saturated heterocycles. The van der Waals surface area contributed by atoms with Crippen molar-refractivity contribution in [2.24, 2.45) is 0 Å². The molecule has 1 fully saturated rings. The molecule has 1 aliphatic rings. The van der Waals surface area contributed by atoms with Gasteiger partial charge >= 0.3 is 0 Å². The van der Waals surface area contributed by atoms with Crippen LogP contribution in [0.4, 0.5) is 0 Å². The number of ether oxygens (including phenoxy) is 1. The second-order valence-electron chi connectivity index (χ2n) is 5.27. The summed E-state index contributed by atoms with van der Waals surface area (Å²) in [7, 11) is 4.42. The number of hydrogen-bond donors (Lipinski definition) is 1. The molecule has 0 bridgehead atoms. The van der Waals surface area contributed by atoms with Crippen molar-refractivity contribution in [3.63, 3.8) is 0 Å². The van der Waals surface area contributed by atoms with Crippen LogP contribution >= 0.6 is 0 Å². The summed E-state index contributed by atoms with van der Waals surface area (Å²) >= 11 is 0. The summed E-state index contributed by atoms with van der Waals surface area (Å²) in [5, 5.41) is 3.61. The molecule has 3 nitrogen and oxygen atoms in total. The van der Waals surface area contributed by atoms with Gasteiger partial charge in [-0.2, -0.15) is 0 Å². The van der Waals surface area contributed by atoms with E-state index in [1.807, 2.05) is 6.92 Å². The first-order valence-corrected chi connectivity index (χ1v) is 6.59. The van der Waals surface area contributed by atoms with Gasteiger partial charge in [0.1, 0.15) is 0 Å². The zero-order valence-corrected chi connectivity index (χ0v) is 11.4. The number of nitrogens with one attached hydrogen (secondary N) is 1. The Balaban J connectivity index is 2.33. The third-order valence-electron chi connectivity index (χ3n) is 3.83. The minimum Gasteiger partial charge on any atom is -0.380 e. The third kappa shape index (κ3) is 3.72. The van der Waals surface area contributed by atoms with Crippen molar-refractivity contribution in [3.8, 4) is 0 Å². The van der Waals surface area contributed by atoms with Crippen LogP contribution in [-0.4, -0.2) is 50.3 Å². The fourth-order valence-electron chi connectivity index (χ4n) is 2.53. The third-order valence-corrected chi connectivity index (χ3v) is 3.83. The second-order valence-corrected chi connectivity index (χ2v) is 5.27. The second kappa shape index (κ2) is 6.58. The summed E-state index contributed by atoms with van der Waals surface area (Å²) in [4.78, 5) is 2.40. The minimum absolute atomic E-state index is 0.389. The Kier molecular flexibility index (Phi) is 5.73. The van der Waals surface area contributed by atoms with E-state index in [0.717, 1.165) is 19.8 Å². The predicted octanol–water partition coefficient (Wildman–Crippen LogP) is 1.88. The lowest BCUT2D eigenvalue weighted by Gasteiger charge is -2.37. The average Bonchev–Trinajstić information content (AvgIpc) is 2.73. The van der Waals surface area contributed by atoms with Gasteiger partial charge in [-0.3, -0.25) is 0 Å². The van der Waals surface area contributed by atoms with Crippen LogP contribution in [0.15, 0.2) is 0 Å². The summed E-state index contributed by atoms with van der Waals surface area (Å²) in [5.41, 5.74) is 0.389. The van der Waals surface area contributed by atoms with E-state index < -0.39 is 0 Å². The van der Waals surface area contributed by atoms with E-state index in [1.165, 1.54) is 25.7 Å². The molecule has 3 heteroatoms. The van der Waals surface area contributed by atoms with Crippen LogP contribution < -0.4 is 5.32 Å². The van der Waals surface area contributed by atoms with E-state index in [4.69, 9.17) is 4.74 Å². The van der Waals surface area contributed by atoms with Gasteiger partial charge in [-0.05, 0) is 40.8 Å². The summed E-state index contributed by atoms with van der Waals surface area (Å²) in [6.07, 6.45) is 5.40. The lowest BCUT2D eigenvalue weighted by Crippen LogP contribution is -2.51. The molecule has 1 rings (SSSR count). The number of hydrogen-bond acceptors (Lipinski definition) is 3. The molecule has 0 aromatic heterocycles. The highest BCUT2D eigenvalue weighted by atomic mass is 16.5. The normalized spacial score (nSPS) is 21.6. The molecule has 0 aromatic carbocycles. The zero-order valence-electron chi connectivity index (χ0n) is 11.4. The van der Waals surface area contributed by atoms with Crippen LogP contribution in [0.25, 0.3) is 0 Å². The Morgan fingerprint density at radius 1 is 1.31 bits per heavy atom. The molecular formula is C13H28N2O. The molecule has 0 spiro atoms. The molecule has 0 amide bonds. The monoisotopic (exact) mass is 228 g/mol. The molecule has 1 unspecified atom stereocenters. The van der Waals surface area contributed by atoms with Crippen LogP contribution in [0.1, 0.15) is 39.5 Å². The number of rotatable bonds is 7. The standard InChI is InChI=1S/C13H28N2O/c1-5-16-10-12(2)14-11-13(15(3)4)8-6-7-9-13/h12,14H,5-11H2,1-4H3. The summed E-state index contributed by atoms with van der Waals surface area (Å²) < 4.78 is 5.43. The van der Waals surface area contributed by atoms with Crippen molar-refractivity contribution in [2.75, 3.05) is 33.9 Å². The molecule has 0 aromatic rings. The SMILES string of the molecule is CCOCC(C)NCC1(N(C)C)CCCC1. The van der Waals surface area contributed by atoms with Gasteiger partial charge in [0.25, 0.3) is 0 Å². The first-order valence-electron chi connectivity index (χ1n) is 6.59. The van der Waals surface area contributed by atoms with Crippen molar-refractivity contribution < 1.29 is 4.74 Å². The predicted molar refractivity (Wildman–Crippen MR) is 68.8 cm³/mol. The highest BCUT2D eigenvalue weighted by molar-refractivity contribution is 4.94. The Labute approximate surface area is 101 Å². The number of nitrogens with zero attached hydrogens (tertiary/aromatic N) is 1. The van der Waals surface area contributed by atoms with Crippen LogP contribution in [0.2, 0.25) is 0 Å². The van der Waals surface area contributed by atoms with Crippen LogP contribution in [0, 0.1) is 0 Å². The number of likely N-dealkylation sites (N-methyl/N-ethyl adjacent to an activating group) is 1. The van der Waals surface area contributed by atoms with Gasteiger partial charge in [-0.1, -0.05) is 12.8 Å². The van der Waals surface area contributed by atoms with Gasteiger partial charge < -0.3 is 15.0 Å². The lowest BCUT2D eigenvalue weighted by molar-refractivity contribution is 0.109. The van der Waals surface area contributed by atoms with Gasteiger partial charge in [0.2, 0.25) is 0 Å². The molecule has 1 atom stereocenters. The summed E-state index contributed by atoms with van der Waals surface area (Å²) in [6, 6.07) is 0.456. The zero-order chi connectivity index (χ0) is 12.0. The summed E-state index contributed by atoms with van der Waals surface area (Å²) in [6.45, 7) is 6.97. The minimum atomic E-state index is 0.389. The molecule has 0 heterocycles. The van der Waals surface area contributed by atoms with Crippen molar-refractivity contribution in [1.82, 2.24) is 10.2 Å². The van der Waals surface area contributed by atoms with Crippen LogP contribution in [0.3, 0.4) is 0 Å². The average molecular weight is 228 g/mol.